The van der Waals surface area contributed by atoms with Gasteiger partial charge in [0.15, 0.2) is 0 Å². The molecule has 0 saturated carbocycles. The second kappa shape index (κ2) is 6.93. The Morgan fingerprint density at radius 1 is 1.45 bits per heavy atom. The molecule has 1 amide bonds. The Hall–Kier alpha value is -2.57. The van der Waals surface area contributed by atoms with Crippen LogP contribution in [0, 0.1) is 6.92 Å². The molecule has 2 aromatic rings. The maximum atomic E-state index is 11.9. The Kier molecular flexibility index (Phi) is 4.98. The van der Waals surface area contributed by atoms with Gasteiger partial charge in [-0.15, -0.1) is 5.10 Å². The number of aryl methyl sites for hydroxylation is 2. The van der Waals surface area contributed by atoms with Crippen molar-refractivity contribution in [3.63, 3.8) is 0 Å². The molecular formula is C15H21N5O2. The second-order valence-electron chi connectivity index (χ2n) is 5.08. The molecule has 0 spiro atoms. The Morgan fingerprint density at radius 2 is 2.23 bits per heavy atom. The average molecular weight is 303 g/mol. The molecule has 0 aliphatic rings. The van der Waals surface area contributed by atoms with Gasteiger partial charge in [0.05, 0.1) is 0 Å². The minimum Gasteiger partial charge on any atom is -0.370 e. The zero-order chi connectivity index (χ0) is 16.1. The number of amides is 1. The van der Waals surface area contributed by atoms with Crippen LogP contribution in [-0.2, 0) is 7.05 Å². The summed E-state index contributed by atoms with van der Waals surface area (Å²) in [6.45, 7) is 6.12. The van der Waals surface area contributed by atoms with Crippen LogP contribution in [-0.4, -0.2) is 40.3 Å². The van der Waals surface area contributed by atoms with Crippen LogP contribution in [0.4, 0.5) is 5.69 Å². The van der Waals surface area contributed by atoms with E-state index in [0.717, 1.165) is 16.9 Å². The summed E-state index contributed by atoms with van der Waals surface area (Å²) in [4.78, 5) is 27.7. The number of anilines is 1. The van der Waals surface area contributed by atoms with Gasteiger partial charge < -0.3 is 10.2 Å². The van der Waals surface area contributed by atoms with Crippen LogP contribution in [0.15, 0.2) is 29.1 Å². The van der Waals surface area contributed by atoms with Gasteiger partial charge in [0.2, 0.25) is 5.82 Å². The van der Waals surface area contributed by atoms with Crippen molar-refractivity contribution >= 4 is 11.6 Å². The van der Waals surface area contributed by atoms with Gasteiger partial charge in [-0.3, -0.25) is 9.78 Å². The highest BCUT2D eigenvalue weighted by Gasteiger charge is 2.12. The third kappa shape index (κ3) is 3.75. The Labute approximate surface area is 129 Å². The van der Waals surface area contributed by atoms with Gasteiger partial charge in [-0.05, 0) is 31.5 Å². The van der Waals surface area contributed by atoms with Crippen LogP contribution in [0.3, 0.4) is 0 Å². The SMILES string of the molecule is CCN(CCNC(=O)c1nn(C)c(=O)[nH]1)c1cccc(C)c1. The molecule has 2 N–H and O–H groups in total. The average Bonchev–Trinajstić information content (AvgIpc) is 2.83. The molecule has 0 unspecified atom stereocenters. The number of hydrogen-bond donors (Lipinski definition) is 2. The Morgan fingerprint density at radius 3 is 2.82 bits per heavy atom. The molecule has 118 valence electrons. The lowest BCUT2D eigenvalue weighted by atomic mass is 10.2. The molecule has 0 aliphatic carbocycles. The summed E-state index contributed by atoms with van der Waals surface area (Å²) in [6.07, 6.45) is 0. The van der Waals surface area contributed by atoms with Crippen molar-refractivity contribution < 1.29 is 4.79 Å². The van der Waals surface area contributed by atoms with Crippen molar-refractivity contribution in [1.29, 1.82) is 0 Å². The van der Waals surface area contributed by atoms with Crippen molar-refractivity contribution in [2.45, 2.75) is 13.8 Å². The van der Waals surface area contributed by atoms with Gasteiger partial charge in [0.25, 0.3) is 5.91 Å². The monoisotopic (exact) mass is 303 g/mol. The van der Waals surface area contributed by atoms with Crippen molar-refractivity contribution in [2.75, 3.05) is 24.5 Å². The number of carbonyl (C=O) groups excluding carboxylic acids is 1. The molecular weight excluding hydrogens is 282 g/mol. The normalized spacial score (nSPS) is 10.5. The first-order valence-corrected chi connectivity index (χ1v) is 7.24. The van der Waals surface area contributed by atoms with Crippen LogP contribution < -0.4 is 15.9 Å². The molecule has 1 aromatic heterocycles. The standard InChI is InChI=1S/C15H21N5O2/c1-4-20(12-7-5-6-11(2)10-12)9-8-16-14(21)13-17-15(22)19(3)18-13/h5-7,10H,4,8-9H2,1-3H3,(H,16,21)(H,17,18,22). The zero-order valence-corrected chi connectivity index (χ0v) is 13.1. The lowest BCUT2D eigenvalue weighted by molar-refractivity contribution is 0.0944. The summed E-state index contributed by atoms with van der Waals surface area (Å²) in [6, 6.07) is 8.23. The first-order chi connectivity index (χ1) is 10.5. The van der Waals surface area contributed by atoms with E-state index in [0.29, 0.717) is 13.1 Å². The third-order valence-corrected chi connectivity index (χ3v) is 3.40. The molecule has 0 aliphatic heterocycles. The maximum absolute atomic E-state index is 11.9. The summed E-state index contributed by atoms with van der Waals surface area (Å²) in [5.41, 5.74) is 1.93. The van der Waals surface area contributed by atoms with E-state index in [-0.39, 0.29) is 11.7 Å². The van der Waals surface area contributed by atoms with Gasteiger partial charge in [-0.2, -0.15) is 0 Å². The molecule has 7 nitrogen and oxygen atoms in total. The van der Waals surface area contributed by atoms with Crippen LogP contribution in [0.1, 0.15) is 23.1 Å². The molecule has 2 rings (SSSR count). The fourth-order valence-corrected chi connectivity index (χ4v) is 2.19. The van der Waals surface area contributed by atoms with E-state index in [1.807, 2.05) is 6.07 Å². The summed E-state index contributed by atoms with van der Waals surface area (Å²) >= 11 is 0. The molecule has 0 bridgehead atoms. The third-order valence-electron chi connectivity index (χ3n) is 3.40. The molecule has 22 heavy (non-hydrogen) atoms. The quantitative estimate of drug-likeness (QED) is 0.822. The minimum absolute atomic E-state index is 0.0334. The second-order valence-corrected chi connectivity index (χ2v) is 5.08. The number of hydrogen-bond acceptors (Lipinski definition) is 4. The van der Waals surface area contributed by atoms with E-state index in [1.54, 1.807) is 0 Å². The largest absolute Gasteiger partial charge is 0.370 e. The lowest BCUT2D eigenvalue weighted by Gasteiger charge is -2.23. The predicted octanol–water partition coefficient (Wildman–Crippen LogP) is 0.673. The van der Waals surface area contributed by atoms with Crippen LogP contribution in [0.2, 0.25) is 0 Å². The van der Waals surface area contributed by atoms with Crippen LogP contribution in [0.5, 0.6) is 0 Å². The first kappa shape index (κ1) is 15.8. The van der Waals surface area contributed by atoms with Crippen molar-refractivity contribution in [3.05, 3.63) is 46.1 Å². The minimum atomic E-state index is -0.403. The molecule has 0 saturated heterocycles. The topological polar surface area (TPSA) is 83.0 Å². The van der Waals surface area contributed by atoms with Crippen molar-refractivity contribution in [1.82, 2.24) is 20.1 Å². The number of rotatable bonds is 6. The maximum Gasteiger partial charge on any atom is 0.343 e. The highest BCUT2D eigenvalue weighted by molar-refractivity contribution is 5.90. The molecule has 1 aromatic carbocycles. The van der Waals surface area contributed by atoms with Gasteiger partial charge >= 0.3 is 5.69 Å². The number of likely N-dealkylation sites (N-methyl/N-ethyl adjacent to an activating group) is 1. The highest BCUT2D eigenvalue weighted by Crippen LogP contribution is 2.14. The van der Waals surface area contributed by atoms with Gasteiger partial charge in [-0.1, -0.05) is 12.1 Å². The van der Waals surface area contributed by atoms with E-state index in [4.69, 9.17) is 0 Å². The number of carbonyl (C=O) groups is 1. The molecule has 0 radical (unpaired) electrons. The number of benzene rings is 1. The summed E-state index contributed by atoms with van der Waals surface area (Å²) in [5.74, 6) is -0.343. The number of aromatic nitrogens is 3. The summed E-state index contributed by atoms with van der Waals surface area (Å²) in [5, 5.41) is 6.58. The predicted molar refractivity (Wildman–Crippen MR) is 85.2 cm³/mol. The van der Waals surface area contributed by atoms with Crippen LogP contribution >= 0.6 is 0 Å². The van der Waals surface area contributed by atoms with Gasteiger partial charge in [-0.25, -0.2) is 9.48 Å². The van der Waals surface area contributed by atoms with Gasteiger partial charge in [0.1, 0.15) is 0 Å². The smallest absolute Gasteiger partial charge is 0.343 e. The van der Waals surface area contributed by atoms with E-state index in [1.165, 1.54) is 12.6 Å². The fraction of sp³-hybridized carbons (Fsp3) is 0.400. The van der Waals surface area contributed by atoms with E-state index >= 15 is 0 Å². The van der Waals surface area contributed by atoms with E-state index in [2.05, 4.69) is 52.3 Å². The number of aromatic amines is 1. The number of nitrogens with zero attached hydrogens (tertiary/aromatic N) is 3. The van der Waals surface area contributed by atoms with Gasteiger partial charge in [0, 0.05) is 32.4 Å². The van der Waals surface area contributed by atoms with E-state index in [9.17, 15) is 9.59 Å². The lowest BCUT2D eigenvalue weighted by Crippen LogP contribution is -2.35. The molecule has 0 fully saturated rings. The molecule has 1 heterocycles. The summed E-state index contributed by atoms with van der Waals surface area (Å²) in [7, 11) is 1.49. The number of H-pyrrole nitrogens is 1. The molecule has 0 atom stereocenters. The number of nitrogens with one attached hydrogen (secondary N) is 2. The Bertz CT molecular complexity index is 704. The first-order valence-electron chi connectivity index (χ1n) is 7.24. The Balaban J connectivity index is 1.91. The van der Waals surface area contributed by atoms with Crippen LogP contribution in [0.25, 0.3) is 0 Å². The van der Waals surface area contributed by atoms with Crippen molar-refractivity contribution in [2.24, 2.45) is 7.05 Å². The van der Waals surface area contributed by atoms with E-state index < -0.39 is 5.69 Å². The fourth-order valence-electron chi connectivity index (χ4n) is 2.19. The summed E-state index contributed by atoms with van der Waals surface area (Å²) < 4.78 is 1.10. The van der Waals surface area contributed by atoms with Crippen molar-refractivity contribution in [3.8, 4) is 0 Å². The highest BCUT2D eigenvalue weighted by atomic mass is 16.2. The zero-order valence-electron chi connectivity index (χ0n) is 13.1. The molecule has 7 heteroatoms.